The summed E-state index contributed by atoms with van der Waals surface area (Å²) in [6.45, 7) is 8.53. The molecule has 2 fully saturated rings. The second-order valence-electron chi connectivity index (χ2n) is 8.68. The van der Waals surface area contributed by atoms with Crippen LogP contribution in [0.3, 0.4) is 0 Å². The van der Waals surface area contributed by atoms with Crippen molar-refractivity contribution < 1.29 is 0 Å². The number of nitrogens with one attached hydrogen (secondary N) is 1. The molecule has 170 valence electrons. The third-order valence-corrected chi connectivity index (χ3v) is 6.37. The molecule has 31 heavy (non-hydrogen) atoms. The first kappa shape index (κ1) is 24.0. The highest BCUT2D eigenvalue weighted by atomic mass is 127. The summed E-state index contributed by atoms with van der Waals surface area (Å²) >= 11 is 0. The molecule has 0 amide bonds. The quantitative estimate of drug-likeness (QED) is 0.361. The van der Waals surface area contributed by atoms with Crippen LogP contribution in [0.25, 0.3) is 0 Å². The second-order valence-corrected chi connectivity index (χ2v) is 8.68. The number of rotatable bonds is 5. The van der Waals surface area contributed by atoms with E-state index in [0.717, 1.165) is 51.6 Å². The first-order chi connectivity index (χ1) is 14.6. The molecule has 0 spiro atoms. The lowest BCUT2D eigenvalue weighted by atomic mass is 10.0. The molecular formula is C23H36IN7. The van der Waals surface area contributed by atoms with Crippen LogP contribution in [0.5, 0.6) is 0 Å². The zero-order valence-corrected chi connectivity index (χ0v) is 21.3. The van der Waals surface area contributed by atoms with E-state index in [1.54, 1.807) is 0 Å². The maximum absolute atomic E-state index is 4.52. The second kappa shape index (κ2) is 11.3. The number of halogens is 1. The summed E-state index contributed by atoms with van der Waals surface area (Å²) in [7, 11) is 6.06. The highest BCUT2D eigenvalue weighted by Crippen LogP contribution is 2.26. The molecule has 0 saturated carbocycles. The van der Waals surface area contributed by atoms with Crippen molar-refractivity contribution in [2.75, 3.05) is 53.4 Å². The zero-order chi connectivity index (χ0) is 20.9. The summed E-state index contributed by atoms with van der Waals surface area (Å²) in [5.41, 5.74) is 4.01. The Morgan fingerprint density at radius 1 is 1.06 bits per heavy atom. The van der Waals surface area contributed by atoms with Crippen molar-refractivity contribution in [3.05, 3.63) is 53.3 Å². The average molecular weight is 537 g/mol. The molecule has 0 radical (unpaired) electrons. The third kappa shape index (κ3) is 6.43. The van der Waals surface area contributed by atoms with E-state index in [2.05, 4.69) is 67.6 Å². The Kier molecular flexibility index (Phi) is 8.74. The van der Waals surface area contributed by atoms with E-state index < -0.39 is 0 Å². The third-order valence-electron chi connectivity index (χ3n) is 6.37. The SMILES string of the molecule is CN=C(NCc1ccc(CN2CCN(C)CC2)cc1)N1CCC(c2cnn(C)c2)C1.I. The minimum absolute atomic E-state index is 0. The van der Waals surface area contributed by atoms with Crippen LogP contribution in [0.2, 0.25) is 0 Å². The predicted octanol–water partition coefficient (Wildman–Crippen LogP) is 2.35. The van der Waals surface area contributed by atoms with Crippen LogP contribution in [0.15, 0.2) is 41.7 Å². The molecule has 3 heterocycles. The van der Waals surface area contributed by atoms with Gasteiger partial charge in [-0.05, 0) is 30.2 Å². The average Bonchev–Trinajstić information content (AvgIpc) is 3.41. The molecule has 4 rings (SSSR count). The van der Waals surface area contributed by atoms with Crippen molar-refractivity contribution >= 4 is 29.9 Å². The van der Waals surface area contributed by atoms with Gasteiger partial charge >= 0.3 is 0 Å². The molecule has 8 heteroatoms. The van der Waals surface area contributed by atoms with E-state index in [1.165, 1.54) is 29.8 Å². The van der Waals surface area contributed by atoms with Gasteiger partial charge in [-0.2, -0.15) is 5.10 Å². The molecule has 2 aliphatic heterocycles. The molecule has 0 bridgehead atoms. The number of aromatic nitrogens is 2. The number of aliphatic imine (C=N–C) groups is 1. The van der Waals surface area contributed by atoms with Crippen molar-refractivity contribution in [1.29, 1.82) is 0 Å². The lowest BCUT2D eigenvalue weighted by Gasteiger charge is -2.32. The van der Waals surface area contributed by atoms with Crippen LogP contribution >= 0.6 is 24.0 Å². The predicted molar refractivity (Wildman–Crippen MR) is 137 cm³/mol. The molecule has 1 unspecified atom stereocenters. The molecule has 0 aliphatic carbocycles. The van der Waals surface area contributed by atoms with Crippen LogP contribution in [0.4, 0.5) is 0 Å². The number of nitrogens with zero attached hydrogens (tertiary/aromatic N) is 6. The topological polar surface area (TPSA) is 51.9 Å². The fraction of sp³-hybridized carbons (Fsp3) is 0.565. The highest BCUT2D eigenvalue weighted by Gasteiger charge is 2.26. The van der Waals surface area contributed by atoms with Crippen LogP contribution in [0, 0.1) is 0 Å². The van der Waals surface area contributed by atoms with Crippen molar-refractivity contribution in [1.82, 2.24) is 29.8 Å². The number of guanidine groups is 1. The Morgan fingerprint density at radius 3 is 2.42 bits per heavy atom. The number of likely N-dealkylation sites (N-methyl/N-ethyl adjacent to an activating group) is 1. The van der Waals surface area contributed by atoms with Gasteiger partial charge in [0.2, 0.25) is 0 Å². The van der Waals surface area contributed by atoms with Crippen LogP contribution in [-0.4, -0.2) is 83.8 Å². The number of likely N-dealkylation sites (tertiary alicyclic amines) is 1. The summed E-state index contributed by atoms with van der Waals surface area (Å²) in [5, 5.41) is 7.87. The van der Waals surface area contributed by atoms with Crippen molar-refractivity contribution in [3.8, 4) is 0 Å². The standard InChI is InChI=1S/C23H35N7.HI/c1-24-23(30-9-8-21(18-30)22-15-26-28(3)17-22)25-14-19-4-6-20(7-5-19)16-29-12-10-27(2)11-13-29;/h4-7,15,17,21H,8-14,16,18H2,1-3H3,(H,24,25);1H. The lowest BCUT2D eigenvalue weighted by molar-refractivity contribution is 0.148. The van der Waals surface area contributed by atoms with Crippen molar-refractivity contribution in [2.24, 2.45) is 12.0 Å². The minimum Gasteiger partial charge on any atom is -0.352 e. The molecule has 1 atom stereocenters. The van der Waals surface area contributed by atoms with Gasteiger partial charge in [0.1, 0.15) is 0 Å². The number of hydrogen-bond donors (Lipinski definition) is 1. The molecular weight excluding hydrogens is 501 g/mol. The summed E-state index contributed by atoms with van der Waals surface area (Å²) in [4.78, 5) is 11.8. The van der Waals surface area contributed by atoms with Gasteiger partial charge in [0.25, 0.3) is 0 Å². The number of piperazine rings is 1. The van der Waals surface area contributed by atoms with Gasteiger partial charge in [0.05, 0.1) is 6.20 Å². The maximum Gasteiger partial charge on any atom is 0.193 e. The fourth-order valence-electron chi connectivity index (χ4n) is 4.42. The van der Waals surface area contributed by atoms with E-state index in [0.29, 0.717) is 5.92 Å². The van der Waals surface area contributed by atoms with Gasteiger partial charge in [-0.1, -0.05) is 24.3 Å². The molecule has 1 aromatic carbocycles. The number of benzene rings is 1. The number of aryl methyl sites for hydroxylation is 1. The van der Waals surface area contributed by atoms with Crippen molar-refractivity contribution in [3.63, 3.8) is 0 Å². The van der Waals surface area contributed by atoms with Gasteiger partial charge in [-0.15, -0.1) is 24.0 Å². The molecule has 1 aromatic heterocycles. The largest absolute Gasteiger partial charge is 0.352 e. The van der Waals surface area contributed by atoms with E-state index in [9.17, 15) is 0 Å². The summed E-state index contributed by atoms with van der Waals surface area (Å²) in [6.07, 6.45) is 5.27. The Hall–Kier alpha value is -1.65. The van der Waals surface area contributed by atoms with E-state index in [4.69, 9.17) is 0 Å². The fourth-order valence-corrected chi connectivity index (χ4v) is 4.42. The molecule has 2 aromatic rings. The number of hydrogen-bond acceptors (Lipinski definition) is 4. The lowest BCUT2D eigenvalue weighted by Crippen LogP contribution is -2.43. The Balaban J connectivity index is 0.00000272. The van der Waals surface area contributed by atoms with Gasteiger partial charge in [0.15, 0.2) is 5.96 Å². The first-order valence-electron chi connectivity index (χ1n) is 11.0. The van der Waals surface area contributed by atoms with Crippen LogP contribution in [-0.2, 0) is 20.1 Å². The van der Waals surface area contributed by atoms with Crippen LogP contribution < -0.4 is 5.32 Å². The first-order valence-corrected chi connectivity index (χ1v) is 11.0. The summed E-state index contributed by atoms with van der Waals surface area (Å²) < 4.78 is 1.89. The highest BCUT2D eigenvalue weighted by molar-refractivity contribution is 14.0. The monoisotopic (exact) mass is 537 g/mol. The molecule has 1 N–H and O–H groups in total. The normalized spacial score (nSPS) is 20.7. The van der Waals surface area contributed by atoms with Gasteiger partial charge in [0, 0.05) is 78.6 Å². The summed E-state index contributed by atoms with van der Waals surface area (Å²) in [5.74, 6) is 1.52. The van der Waals surface area contributed by atoms with Gasteiger partial charge in [-0.25, -0.2) is 0 Å². The van der Waals surface area contributed by atoms with Crippen molar-refractivity contribution in [2.45, 2.75) is 25.4 Å². The van der Waals surface area contributed by atoms with Gasteiger partial charge in [-0.3, -0.25) is 14.6 Å². The smallest absolute Gasteiger partial charge is 0.193 e. The van der Waals surface area contributed by atoms with E-state index in [1.807, 2.05) is 25.0 Å². The van der Waals surface area contributed by atoms with E-state index >= 15 is 0 Å². The minimum atomic E-state index is 0. The van der Waals surface area contributed by atoms with E-state index in [-0.39, 0.29) is 24.0 Å². The Morgan fingerprint density at radius 2 is 1.77 bits per heavy atom. The zero-order valence-electron chi connectivity index (χ0n) is 19.0. The van der Waals surface area contributed by atoms with Gasteiger partial charge < -0.3 is 15.1 Å². The Labute approximate surface area is 203 Å². The molecule has 2 aliphatic rings. The van der Waals surface area contributed by atoms with Crippen LogP contribution in [0.1, 0.15) is 29.0 Å². The Bertz CT molecular complexity index is 840. The molecule has 2 saturated heterocycles. The molecule has 7 nitrogen and oxygen atoms in total. The summed E-state index contributed by atoms with van der Waals surface area (Å²) in [6, 6.07) is 9.03. The maximum atomic E-state index is 4.52.